The van der Waals surface area contributed by atoms with Crippen molar-refractivity contribution in [2.45, 2.75) is 50.5 Å². The summed E-state index contributed by atoms with van der Waals surface area (Å²) < 4.78 is 5.66. The van der Waals surface area contributed by atoms with E-state index in [4.69, 9.17) is 16.2 Å². The van der Waals surface area contributed by atoms with Gasteiger partial charge in [-0.05, 0) is 44.2 Å². The zero-order valence-electron chi connectivity index (χ0n) is 14.4. The van der Waals surface area contributed by atoms with Crippen LogP contribution in [0.1, 0.15) is 60.5 Å². The molecular formula is C18H26N4O3. The number of anilines is 1. The minimum atomic E-state index is -0.568. The highest BCUT2D eigenvalue weighted by Crippen LogP contribution is 2.28. The molecule has 3 heterocycles. The van der Waals surface area contributed by atoms with E-state index in [9.17, 15) is 9.59 Å². The predicted molar refractivity (Wildman–Crippen MR) is 93.9 cm³/mol. The third-order valence-corrected chi connectivity index (χ3v) is 5.15. The SMILES string of the molecule is NC(=O)c1ccc(C2CCN(C(=O)CC3CCCCO3)CC2)nc1N. The summed E-state index contributed by atoms with van der Waals surface area (Å²) in [7, 11) is 0. The van der Waals surface area contributed by atoms with Crippen molar-refractivity contribution < 1.29 is 14.3 Å². The van der Waals surface area contributed by atoms with Crippen molar-refractivity contribution in [2.24, 2.45) is 5.73 Å². The first kappa shape index (κ1) is 17.7. The Labute approximate surface area is 147 Å². The summed E-state index contributed by atoms with van der Waals surface area (Å²) in [6.45, 7) is 2.21. The van der Waals surface area contributed by atoms with E-state index >= 15 is 0 Å². The molecule has 0 bridgehead atoms. The van der Waals surface area contributed by atoms with Crippen LogP contribution in [0.25, 0.3) is 0 Å². The number of likely N-dealkylation sites (tertiary alicyclic amines) is 1. The molecule has 0 aliphatic carbocycles. The third-order valence-electron chi connectivity index (χ3n) is 5.15. The van der Waals surface area contributed by atoms with E-state index in [1.165, 1.54) is 0 Å². The highest BCUT2D eigenvalue weighted by atomic mass is 16.5. The van der Waals surface area contributed by atoms with Crippen molar-refractivity contribution in [1.29, 1.82) is 0 Å². The predicted octanol–water partition coefficient (Wildman–Crippen LogP) is 1.43. The molecule has 4 N–H and O–H groups in total. The fourth-order valence-corrected chi connectivity index (χ4v) is 3.64. The number of carbonyl (C=O) groups is 2. The molecule has 25 heavy (non-hydrogen) atoms. The van der Waals surface area contributed by atoms with E-state index < -0.39 is 5.91 Å². The Bertz CT molecular complexity index is 635. The van der Waals surface area contributed by atoms with Crippen molar-refractivity contribution in [3.8, 4) is 0 Å². The molecule has 1 atom stereocenters. The highest BCUT2D eigenvalue weighted by molar-refractivity contribution is 5.97. The van der Waals surface area contributed by atoms with Crippen molar-refractivity contribution in [2.75, 3.05) is 25.4 Å². The van der Waals surface area contributed by atoms with E-state index in [0.717, 1.165) is 57.5 Å². The summed E-state index contributed by atoms with van der Waals surface area (Å²) in [4.78, 5) is 29.9. The lowest BCUT2D eigenvalue weighted by molar-refractivity contribution is -0.136. The number of carbonyl (C=O) groups excluding carboxylic acids is 2. The Kier molecular flexibility index (Phi) is 5.53. The first-order valence-electron chi connectivity index (χ1n) is 9.00. The number of nitrogens with zero attached hydrogens (tertiary/aromatic N) is 2. The maximum atomic E-state index is 12.4. The van der Waals surface area contributed by atoms with Crippen molar-refractivity contribution in [1.82, 2.24) is 9.88 Å². The standard InChI is InChI=1S/C18H26N4O3/c19-17-14(18(20)24)4-5-15(21-17)12-6-8-22(9-7-12)16(23)11-13-3-1-2-10-25-13/h4-5,12-13H,1-3,6-11H2,(H2,19,21)(H2,20,24). The molecule has 2 saturated heterocycles. The summed E-state index contributed by atoms with van der Waals surface area (Å²) >= 11 is 0. The fourth-order valence-electron chi connectivity index (χ4n) is 3.64. The minimum absolute atomic E-state index is 0.0850. The maximum absolute atomic E-state index is 12.4. The number of aromatic nitrogens is 1. The van der Waals surface area contributed by atoms with Gasteiger partial charge in [0, 0.05) is 31.3 Å². The number of nitrogens with two attached hydrogens (primary N) is 2. The topological polar surface area (TPSA) is 112 Å². The zero-order valence-corrected chi connectivity index (χ0v) is 14.4. The molecule has 0 radical (unpaired) electrons. The van der Waals surface area contributed by atoms with Crippen molar-refractivity contribution in [3.05, 3.63) is 23.4 Å². The molecule has 1 aromatic heterocycles. The summed E-state index contributed by atoms with van der Waals surface area (Å²) in [5.74, 6) is 0.0426. The molecular weight excluding hydrogens is 320 g/mol. The van der Waals surface area contributed by atoms with E-state index in [-0.39, 0.29) is 29.3 Å². The first-order chi connectivity index (χ1) is 12.0. The van der Waals surface area contributed by atoms with Gasteiger partial charge in [0.1, 0.15) is 5.82 Å². The number of hydrogen-bond donors (Lipinski definition) is 2. The Morgan fingerprint density at radius 1 is 1.20 bits per heavy atom. The first-order valence-corrected chi connectivity index (χ1v) is 9.00. The molecule has 2 aliphatic rings. The molecule has 0 aromatic carbocycles. The van der Waals surface area contributed by atoms with Gasteiger partial charge in [-0.2, -0.15) is 0 Å². The van der Waals surface area contributed by atoms with Crippen LogP contribution in [0, 0.1) is 0 Å². The van der Waals surface area contributed by atoms with Crippen LogP contribution in [0.3, 0.4) is 0 Å². The van der Waals surface area contributed by atoms with Gasteiger partial charge < -0.3 is 21.1 Å². The van der Waals surface area contributed by atoms with Crippen LogP contribution in [-0.4, -0.2) is 47.5 Å². The number of primary amides is 1. The number of amides is 2. The average Bonchev–Trinajstić information content (AvgIpc) is 2.62. The molecule has 2 amide bonds. The van der Waals surface area contributed by atoms with Gasteiger partial charge >= 0.3 is 0 Å². The smallest absolute Gasteiger partial charge is 0.252 e. The van der Waals surface area contributed by atoms with Crippen LogP contribution in [0.5, 0.6) is 0 Å². The molecule has 0 spiro atoms. The van der Waals surface area contributed by atoms with E-state index in [2.05, 4.69) is 4.98 Å². The van der Waals surface area contributed by atoms with Gasteiger partial charge in [0.25, 0.3) is 5.91 Å². The number of hydrogen-bond acceptors (Lipinski definition) is 5. The van der Waals surface area contributed by atoms with Gasteiger partial charge in [-0.15, -0.1) is 0 Å². The molecule has 1 aromatic rings. The van der Waals surface area contributed by atoms with Gasteiger partial charge in [-0.1, -0.05) is 0 Å². The number of piperidine rings is 1. The average molecular weight is 346 g/mol. The van der Waals surface area contributed by atoms with Crippen molar-refractivity contribution in [3.63, 3.8) is 0 Å². The van der Waals surface area contributed by atoms with Crippen LogP contribution in [-0.2, 0) is 9.53 Å². The molecule has 7 heteroatoms. The number of rotatable bonds is 4. The molecule has 0 saturated carbocycles. The van der Waals surface area contributed by atoms with Gasteiger partial charge in [0.15, 0.2) is 0 Å². The maximum Gasteiger partial charge on any atom is 0.252 e. The van der Waals surface area contributed by atoms with Crippen LogP contribution in [0.2, 0.25) is 0 Å². The molecule has 2 fully saturated rings. The van der Waals surface area contributed by atoms with Crippen LogP contribution < -0.4 is 11.5 Å². The fraction of sp³-hybridized carbons (Fsp3) is 0.611. The Hall–Kier alpha value is -2.15. The molecule has 1 unspecified atom stereocenters. The number of ether oxygens (including phenoxy) is 1. The summed E-state index contributed by atoms with van der Waals surface area (Å²) in [6, 6.07) is 3.45. The monoisotopic (exact) mass is 346 g/mol. The zero-order chi connectivity index (χ0) is 17.8. The molecule has 7 nitrogen and oxygen atoms in total. The molecule has 2 aliphatic heterocycles. The van der Waals surface area contributed by atoms with Gasteiger partial charge in [-0.3, -0.25) is 9.59 Å². The lowest BCUT2D eigenvalue weighted by Crippen LogP contribution is -2.40. The van der Waals surface area contributed by atoms with Gasteiger partial charge in [0.05, 0.1) is 18.1 Å². The largest absolute Gasteiger partial charge is 0.383 e. The van der Waals surface area contributed by atoms with E-state index in [0.29, 0.717) is 6.42 Å². The summed E-state index contributed by atoms with van der Waals surface area (Å²) in [5.41, 5.74) is 12.2. The van der Waals surface area contributed by atoms with Crippen LogP contribution >= 0.6 is 0 Å². The summed E-state index contributed by atoms with van der Waals surface area (Å²) in [6.07, 6.45) is 5.50. The second-order valence-corrected chi connectivity index (χ2v) is 6.88. The second-order valence-electron chi connectivity index (χ2n) is 6.88. The third kappa shape index (κ3) is 4.28. The Morgan fingerprint density at radius 3 is 2.56 bits per heavy atom. The van der Waals surface area contributed by atoms with Crippen molar-refractivity contribution >= 4 is 17.6 Å². The normalized spacial score (nSPS) is 21.9. The quantitative estimate of drug-likeness (QED) is 0.856. The lowest BCUT2D eigenvalue weighted by atomic mass is 9.92. The van der Waals surface area contributed by atoms with Crippen LogP contribution in [0.15, 0.2) is 12.1 Å². The highest BCUT2D eigenvalue weighted by Gasteiger charge is 2.27. The molecule has 3 rings (SSSR count). The molecule has 136 valence electrons. The van der Waals surface area contributed by atoms with Gasteiger partial charge in [0.2, 0.25) is 5.91 Å². The number of pyridine rings is 1. The number of nitrogen functional groups attached to an aromatic ring is 1. The lowest BCUT2D eigenvalue weighted by Gasteiger charge is -2.33. The van der Waals surface area contributed by atoms with Crippen LogP contribution in [0.4, 0.5) is 5.82 Å². The Balaban J connectivity index is 1.53. The minimum Gasteiger partial charge on any atom is -0.383 e. The van der Waals surface area contributed by atoms with E-state index in [1.807, 2.05) is 11.0 Å². The Morgan fingerprint density at radius 2 is 1.96 bits per heavy atom. The summed E-state index contributed by atoms with van der Waals surface area (Å²) in [5, 5.41) is 0. The van der Waals surface area contributed by atoms with E-state index in [1.54, 1.807) is 6.07 Å². The van der Waals surface area contributed by atoms with Gasteiger partial charge in [-0.25, -0.2) is 4.98 Å². The second kappa shape index (κ2) is 7.82.